The van der Waals surface area contributed by atoms with E-state index in [9.17, 15) is 4.79 Å². The maximum Gasteiger partial charge on any atom is 0.373 e. The number of anilines is 1. The molecule has 1 aliphatic heterocycles. The minimum absolute atomic E-state index is 0.250. The molecule has 0 bridgehead atoms. The summed E-state index contributed by atoms with van der Waals surface area (Å²) in [6.45, 7) is 9.52. The largest absolute Gasteiger partial charge is 0.456 e. The molecule has 2 heterocycles. The third kappa shape index (κ3) is 5.50. The number of hydrogen-bond acceptors (Lipinski definition) is 6. The summed E-state index contributed by atoms with van der Waals surface area (Å²) in [4.78, 5) is 35.1. The van der Waals surface area contributed by atoms with E-state index >= 15 is 0 Å². The number of fused-ring (bicyclic) bond motifs is 1. The SMILES string of the molecule is Cc1cncc2c1CCN(c1cccc(C(=O)OC(C)(C)C)c1)C2.O=C=O. The molecule has 1 aromatic carbocycles. The summed E-state index contributed by atoms with van der Waals surface area (Å²) in [6, 6.07) is 7.68. The number of rotatable bonds is 2. The van der Waals surface area contributed by atoms with Gasteiger partial charge in [0.25, 0.3) is 0 Å². The molecule has 1 aromatic heterocycles. The van der Waals surface area contributed by atoms with Gasteiger partial charge in [-0.3, -0.25) is 4.98 Å². The van der Waals surface area contributed by atoms with Crippen LogP contribution in [0.5, 0.6) is 0 Å². The van der Waals surface area contributed by atoms with Crippen LogP contribution in [-0.4, -0.2) is 29.3 Å². The third-order valence-corrected chi connectivity index (χ3v) is 4.20. The molecule has 0 radical (unpaired) electrons. The number of benzene rings is 1. The number of aryl methyl sites for hydroxylation is 1. The van der Waals surface area contributed by atoms with Gasteiger partial charge in [0, 0.05) is 31.2 Å². The van der Waals surface area contributed by atoms with Crippen LogP contribution in [0.2, 0.25) is 0 Å². The second-order valence-electron chi connectivity index (χ2n) is 7.40. The van der Waals surface area contributed by atoms with E-state index in [1.54, 1.807) is 6.07 Å². The number of carbonyl (C=O) groups excluding carboxylic acids is 3. The van der Waals surface area contributed by atoms with Crippen molar-refractivity contribution in [1.82, 2.24) is 4.98 Å². The van der Waals surface area contributed by atoms with Crippen molar-refractivity contribution in [3.63, 3.8) is 0 Å². The zero-order valence-corrected chi connectivity index (χ0v) is 16.1. The van der Waals surface area contributed by atoms with E-state index in [2.05, 4.69) is 16.8 Å². The molecule has 0 fully saturated rings. The van der Waals surface area contributed by atoms with Gasteiger partial charge < -0.3 is 9.64 Å². The van der Waals surface area contributed by atoms with Crippen molar-refractivity contribution < 1.29 is 19.1 Å². The fourth-order valence-corrected chi connectivity index (χ4v) is 3.06. The van der Waals surface area contributed by atoms with Crippen molar-refractivity contribution in [2.24, 2.45) is 0 Å². The topological polar surface area (TPSA) is 76.6 Å². The van der Waals surface area contributed by atoms with Crippen molar-refractivity contribution >= 4 is 17.8 Å². The van der Waals surface area contributed by atoms with E-state index in [1.807, 2.05) is 51.4 Å². The van der Waals surface area contributed by atoms with Gasteiger partial charge in [0.1, 0.15) is 5.60 Å². The summed E-state index contributed by atoms with van der Waals surface area (Å²) in [5, 5.41) is 0. The minimum atomic E-state index is -0.486. The normalized spacial score (nSPS) is 13.0. The van der Waals surface area contributed by atoms with Crippen molar-refractivity contribution in [2.45, 2.75) is 46.3 Å². The van der Waals surface area contributed by atoms with Crippen LogP contribution >= 0.6 is 0 Å². The van der Waals surface area contributed by atoms with Crippen LogP contribution < -0.4 is 4.90 Å². The second-order valence-corrected chi connectivity index (χ2v) is 7.40. The molecule has 0 N–H and O–H groups in total. The average molecular weight is 368 g/mol. The second kappa shape index (κ2) is 8.60. The molecule has 0 atom stereocenters. The van der Waals surface area contributed by atoms with Gasteiger partial charge in [0.2, 0.25) is 0 Å². The van der Waals surface area contributed by atoms with Gasteiger partial charge in [-0.1, -0.05) is 6.07 Å². The molecule has 0 saturated heterocycles. The highest BCUT2D eigenvalue weighted by Gasteiger charge is 2.21. The molecule has 0 unspecified atom stereocenters. The summed E-state index contributed by atoms with van der Waals surface area (Å²) >= 11 is 0. The third-order valence-electron chi connectivity index (χ3n) is 4.20. The number of carbonyl (C=O) groups is 1. The summed E-state index contributed by atoms with van der Waals surface area (Å²) < 4.78 is 5.47. The first-order chi connectivity index (χ1) is 12.7. The Hall–Kier alpha value is -2.98. The standard InChI is InChI=1S/C20H24N2O2.CO2/c1-14-11-21-12-16-13-22(9-8-18(14)16)17-7-5-6-15(10-17)19(23)24-20(2,3)4;2-1-3/h5-7,10-12H,8-9,13H2,1-4H3;. The van der Waals surface area contributed by atoms with E-state index in [0.717, 1.165) is 25.2 Å². The summed E-state index contributed by atoms with van der Waals surface area (Å²) in [5.74, 6) is -0.278. The van der Waals surface area contributed by atoms with Crippen LogP contribution in [0.1, 0.15) is 47.8 Å². The first-order valence-electron chi connectivity index (χ1n) is 8.75. The predicted molar refractivity (Wildman–Crippen MR) is 100 cm³/mol. The van der Waals surface area contributed by atoms with Crippen molar-refractivity contribution in [2.75, 3.05) is 11.4 Å². The first kappa shape index (κ1) is 20.3. The number of ether oxygens (including phenoxy) is 1. The van der Waals surface area contributed by atoms with Gasteiger partial charge in [-0.25, -0.2) is 4.79 Å². The Kier molecular flexibility index (Phi) is 6.48. The predicted octanol–water partition coefficient (Wildman–Crippen LogP) is 3.32. The highest BCUT2D eigenvalue weighted by atomic mass is 16.6. The molecule has 142 valence electrons. The Bertz CT molecular complexity index is 850. The summed E-state index contributed by atoms with van der Waals surface area (Å²) in [5.41, 5.74) is 5.09. The molecular weight excluding hydrogens is 344 g/mol. The molecule has 6 heteroatoms. The summed E-state index contributed by atoms with van der Waals surface area (Å²) in [6.07, 6.45) is 5.13. The molecule has 27 heavy (non-hydrogen) atoms. The molecule has 0 spiro atoms. The lowest BCUT2D eigenvalue weighted by Gasteiger charge is -2.31. The Morgan fingerprint density at radius 3 is 2.59 bits per heavy atom. The van der Waals surface area contributed by atoms with Crippen LogP contribution in [-0.2, 0) is 27.3 Å². The lowest BCUT2D eigenvalue weighted by atomic mass is 9.97. The van der Waals surface area contributed by atoms with Gasteiger partial charge in [0.15, 0.2) is 0 Å². The van der Waals surface area contributed by atoms with Crippen LogP contribution in [0, 0.1) is 6.92 Å². The fraction of sp³-hybridized carbons (Fsp3) is 0.381. The quantitative estimate of drug-likeness (QED) is 0.757. The van der Waals surface area contributed by atoms with Gasteiger partial charge in [-0.15, -0.1) is 0 Å². The van der Waals surface area contributed by atoms with Gasteiger partial charge in [0.05, 0.1) is 5.56 Å². The van der Waals surface area contributed by atoms with Gasteiger partial charge in [-0.2, -0.15) is 9.59 Å². The van der Waals surface area contributed by atoms with Crippen LogP contribution in [0.4, 0.5) is 5.69 Å². The van der Waals surface area contributed by atoms with Gasteiger partial charge >= 0.3 is 12.1 Å². The van der Waals surface area contributed by atoms with Gasteiger partial charge in [-0.05, 0) is 69.0 Å². The lowest BCUT2D eigenvalue weighted by molar-refractivity contribution is -0.191. The molecule has 2 aromatic rings. The molecule has 0 amide bonds. The van der Waals surface area contributed by atoms with Crippen LogP contribution in [0.25, 0.3) is 0 Å². The van der Waals surface area contributed by atoms with E-state index in [4.69, 9.17) is 14.3 Å². The fourth-order valence-electron chi connectivity index (χ4n) is 3.06. The van der Waals surface area contributed by atoms with Crippen molar-refractivity contribution in [3.8, 4) is 0 Å². The van der Waals surface area contributed by atoms with E-state index < -0.39 is 5.60 Å². The first-order valence-corrected chi connectivity index (χ1v) is 8.75. The smallest absolute Gasteiger partial charge is 0.373 e. The Morgan fingerprint density at radius 1 is 1.22 bits per heavy atom. The molecule has 6 nitrogen and oxygen atoms in total. The summed E-state index contributed by atoms with van der Waals surface area (Å²) in [7, 11) is 0. The molecule has 0 aliphatic carbocycles. The van der Waals surface area contributed by atoms with E-state index in [-0.39, 0.29) is 12.1 Å². The van der Waals surface area contributed by atoms with Crippen molar-refractivity contribution in [1.29, 1.82) is 0 Å². The maximum atomic E-state index is 12.3. The van der Waals surface area contributed by atoms with Crippen LogP contribution in [0.15, 0.2) is 36.7 Å². The zero-order chi connectivity index (χ0) is 20.0. The highest BCUT2D eigenvalue weighted by molar-refractivity contribution is 5.90. The number of aromatic nitrogens is 1. The molecule has 3 rings (SSSR count). The zero-order valence-electron chi connectivity index (χ0n) is 16.1. The monoisotopic (exact) mass is 368 g/mol. The van der Waals surface area contributed by atoms with E-state index in [0.29, 0.717) is 5.56 Å². The Morgan fingerprint density at radius 2 is 1.93 bits per heavy atom. The van der Waals surface area contributed by atoms with Crippen molar-refractivity contribution in [3.05, 3.63) is 58.9 Å². The Labute approximate surface area is 159 Å². The molecule has 0 saturated carbocycles. The minimum Gasteiger partial charge on any atom is -0.456 e. The maximum absolute atomic E-state index is 12.3. The lowest BCUT2D eigenvalue weighted by Crippen LogP contribution is -2.31. The molecule has 1 aliphatic rings. The van der Waals surface area contributed by atoms with Crippen LogP contribution in [0.3, 0.4) is 0 Å². The number of pyridine rings is 1. The van der Waals surface area contributed by atoms with E-state index in [1.165, 1.54) is 16.7 Å². The highest BCUT2D eigenvalue weighted by Crippen LogP contribution is 2.26. The molecular formula is C21H24N2O4. The number of esters is 1. The Balaban J connectivity index is 0.000000817. The average Bonchev–Trinajstić information content (AvgIpc) is 2.61. The number of hydrogen-bond donors (Lipinski definition) is 0. The number of nitrogens with zero attached hydrogens (tertiary/aromatic N) is 2.